The monoisotopic (exact) mass is 289 g/mol. The molecule has 6 heteroatoms. The van der Waals surface area contributed by atoms with Crippen LogP contribution in [-0.4, -0.2) is 21.1 Å². The number of thiophene rings is 1. The van der Waals surface area contributed by atoms with Crippen molar-refractivity contribution in [2.45, 2.75) is 0 Å². The Bertz CT molecular complexity index is 721. The molecule has 0 aliphatic rings. The van der Waals surface area contributed by atoms with E-state index in [9.17, 15) is 4.79 Å². The molecule has 0 aliphatic carbocycles. The van der Waals surface area contributed by atoms with Gasteiger partial charge in [-0.05, 0) is 18.2 Å². The van der Waals surface area contributed by atoms with Crippen LogP contribution in [0, 0.1) is 0 Å². The highest BCUT2D eigenvalue weighted by Crippen LogP contribution is 2.29. The van der Waals surface area contributed by atoms with Gasteiger partial charge in [-0.3, -0.25) is 9.78 Å². The Balaban J connectivity index is 2.11. The maximum absolute atomic E-state index is 11.2. The predicted molar refractivity (Wildman–Crippen MR) is 75.1 cm³/mol. The largest absolute Gasteiger partial charge is 0.298 e. The average Bonchev–Trinajstić information content (AvgIpc) is 3.05. The maximum atomic E-state index is 11.2. The van der Waals surface area contributed by atoms with Crippen molar-refractivity contribution in [2.75, 3.05) is 0 Å². The molecule has 0 aliphatic heterocycles. The molecule has 3 aromatic rings. The highest BCUT2D eigenvalue weighted by Gasteiger charge is 2.13. The number of halogens is 1. The number of carbonyl (C=O) groups excluding carboxylic acids is 1. The molecule has 0 bridgehead atoms. The van der Waals surface area contributed by atoms with Crippen LogP contribution in [0.15, 0.2) is 42.2 Å². The van der Waals surface area contributed by atoms with E-state index in [1.165, 1.54) is 11.3 Å². The van der Waals surface area contributed by atoms with Crippen molar-refractivity contribution in [2.24, 2.45) is 0 Å². The van der Waals surface area contributed by atoms with Crippen LogP contribution in [0.3, 0.4) is 0 Å². The third kappa shape index (κ3) is 2.30. The van der Waals surface area contributed by atoms with E-state index < -0.39 is 0 Å². The quantitative estimate of drug-likeness (QED) is 0.694. The van der Waals surface area contributed by atoms with Crippen molar-refractivity contribution in [1.29, 1.82) is 0 Å². The van der Waals surface area contributed by atoms with Gasteiger partial charge in [0.1, 0.15) is 5.69 Å². The summed E-state index contributed by atoms with van der Waals surface area (Å²) in [6, 6.07) is 5.45. The fraction of sp³-hybridized carbons (Fsp3) is 0. The number of nitrogens with zero attached hydrogens (tertiary/aromatic N) is 3. The molecule has 0 N–H and O–H groups in total. The lowest BCUT2D eigenvalue weighted by atomic mass is 10.2. The van der Waals surface area contributed by atoms with E-state index in [-0.39, 0.29) is 0 Å². The van der Waals surface area contributed by atoms with Crippen LogP contribution in [0.1, 0.15) is 10.4 Å². The summed E-state index contributed by atoms with van der Waals surface area (Å²) in [5.74, 6) is 0. The Hall–Kier alpha value is -1.98. The van der Waals surface area contributed by atoms with Gasteiger partial charge in [0.05, 0.1) is 15.6 Å². The lowest BCUT2D eigenvalue weighted by molar-refractivity contribution is 0.112. The topological polar surface area (TPSA) is 47.8 Å². The molecule has 0 unspecified atom stereocenters. The first-order valence-electron chi connectivity index (χ1n) is 5.47. The number of aldehydes is 1. The van der Waals surface area contributed by atoms with E-state index >= 15 is 0 Å². The molecule has 0 amide bonds. The third-order valence-corrected chi connectivity index (χ3v) is 3.73. The summed E-state index contributed by atoms with van der Waals surface area (Å²) < 4.78 is 2.33. The van der Waals surface area contributed by atoms with Crippen LogP contribution in [0.4, 0.5) is 0 Å². The van der Waals surface area contributed by atoms with Crippen molar-refractivity contribution < 1.29 is 4.79 Å². The molecule has 94 valence electrons. The van der Waals surface area contributed by atoms with E-state index in [0.29, 0.717) is 15.6 Å². The van der Waals surface area contributed by atoms with Crippen molar-refractivity contribution in [1.82, 2.24) is 14.8 Å². The Morgan fingerprint density at radius 3 is 2.74 bits per heavy atom. The highest BCUT2D eigenvalue weighted by molar-refractivity contribution is 7.14. The van der Waals surface area contributed by atoms with E-state index in [1.807, 2.05) is 17.5 Å². The summed E-state index contributed by atoms with van der Waals surface area (Å²) in [7, 11) is 0. The van der Waals surface area contributed by atoms with Crippen molar-refractivity contribution in [3.8, 4) is 16.9 Å². The molecule has 3 aromatic heterocycles. The normalized spacial score (nSPS) is 10.6. The fourth-order valence-corrected chi connectivity index (χ4v) is 2.63. The SMILES string of the molecule is O=Cc1cn(-c2ccncc2)nc1-c1csc(Cl)c1. The third-order valence-electron chi connectivity index (χ3n) is 2.64. The van der Waals surface area contributed by atoms with Crippen LogP contribution < -0.4 is 0 Å². The molecule has 3 rings (SSSR count). The Morgan fingerprint density at radius 1 is 1.32 bits per heavy atom. The number of carbonyl (C=O) groups is 1. The summed E-state index contributed by atoms with van der Waals surface area (Å²) in [6.07, 6.45) is 5.85. The molecule has 19 heavy (non-hydrogen) atoms. The molecule has 0 atom stereocenters. The maximum Gasteiger partial charge on any atom is 0.153 e. The summed E-state index contributed by atoms with van der Waals surface area (Å²) in [5, 5.41) is 6.32. The number of pyridine rings is 1. The zero-order chi connectivity index (χ0) is 13.2. The van der Waals surface area contributed by atoms with Crippen molar-refractivity contribution >= 4 is 29.2 Å². The molecule has 3 heterocycles. The second-order valence-electron chi connectivity index (χ2n) is 3.84. The van der Waals surface area contributed by atoms with Crippen molar-refractivity contribution in [3.63, 3.8) is 0 Å². The molecule has 0 spiro atoms. The van der Waals surface area contributed by atoms with E-state index in [2.05, 4.69) is 10.1 Å². The predicted octanol–water partition coefficient (Wildman–Crippen LogP) is 3.46. The van der Waals surface area contributed by atoms with Crippen LogP contribution in [0.2, 0.25) is 4.34 Å². The molecule has 0 saturated heterocycles. The molecule has 4 nitrogen and oxygen atoms in total. The van der Waals surface area contributed by atoms with Gasteiger partial charge in [-0.2, -0.15) is 5.10 Å². The highest BCUT2D eigenvalue weighted by atomic mass is 35.5. The fourth-order valence-electron chi connectivity index (χ4n) is 1.76. The molecular weight excluding hydrogens is 282 g/mol. The first-order valence-corrected chi connectivity index (χ1v) is 6.73. The zero-order valence-electron chi connectivity index (χ0n) is 9.65. The van der Waals surface area contributed by atoms with Gasteiger partial charge in [0.25, 0.3) is 0 Å². The minimum atomic E-state index is 0.534. The summed E-state index contributed by atoms with van der Waals surface area (Å²) in [4.78, 5) is 15.1. The van der Waals surface area contributed by atoms with Gasteiger partial charge in [0.2, 0.25) is 0 Å². The van der Waals surface area contributed by atoms with Crippen LogP contribution >= 0.6 is 22.9 Å². The lowest BCUT2D eigenvalue weighted by Crippen LogP contribution is -1.94. The van der Waals surface area contributed by atoms with Gasteiger partial charge in [-0.25, -0.2) is 4.68 Å². The van der Waals surface area contributed by atoms with Gasteiger partial charge in [0, 0.05) is 29.5 Å². The molecule has 0 fully saturated rings. The second kappa shape index (κ2) is 4.95. The van der Waals surface area contributed by atoms with Crippen molar-refractivity contribution in [3.05, 3.63) is 52.1 Å². The van der Waals surface area contributed by atoms with Gasteiger partial charge in [-0.1, -0.05) is 11.6 Å². The first-order chi connectivity index (χ1) is 9.28. The summed E-state index contributed by atoms with van der Waals surface area (Å²) in [5.41, 5.74) is 2.87. The van der Waals surface area contributed by atoms with Gasteiger partial charge in [0.15, 0.2) is 6.29 Å². The van der Waals surface area contributed by atoms with Gasteiger partial charge < -0.3 is 0 Å². The minimum Gasteiger partial charge on any atom is -0.298 e. The Labute approximate surface area is 118 Å². The lowest BCUT2D eigenvalue weighted by Gasteiger charge is -1.98. The van der Waals surface area contributed by atoms with E-state index in [0.717, 1.165) is 17.5 Å². The Morgan fingerprint density at radius 2 is 2.11 bits per heavy atom. The Kier molecular flexibility index (Phi) is 3.15. The average molecular weight is 290 g/mol. The molecular formula is C13H8ClN3OS. The number of hydrogen-bond donors (Lipinski definition) is 0. The zero-order valence-corrected chi connectivity index (χ0v) is 11.2. The number of hydrogen-bond acceptors (Lipinski definition) is 4. The second-order valence-corrected chi connectivity index (χ2v) is 5.38. The van der Waals surface area contributed by atoms with Gasteiger partial charge >= 0.3 is 0 Å². The van der Waals surface area contributed by atoms with Gasteiger partial charge in [-0.15, -0.1) is 11.3 Å². The molecule has 0 saturated carbocycles. The summed E-state index contributed by atoms with van der Waals surface area (Å²) in [6.45, 7) is 0. The van der Waals surface area contributed by atoms with Crippen LogP contribution in [0.5, 0.6) is 0 Å². The number of rotatable bonds is 3. The van der Waals surface area contributed by atoms with E-state index in [4.69, 9.17) is 11.6 Å². The van der Waals surface area contributed by atoms with E-state index in [1.54, 1.807) is 29.3 Å². The standard InChI is InChI=1S/C13H8ClN3OS/c14-12-5-9(8-19-12)13-10(7-18)6-17(16-13)11-1-3-15-4-2-11/h1-8H. The smallest absolute Gasteiger partial charge is 0.153 e. The summed E-state index contributed by atoms with van der Waals surface area (Å²) >= 11 is 7.33. The minimum absolute atomic E-state index is 0.534. The number of aromatic nitrogens is 3. The van der Waals surface area contributed by atoms with Crippen LogP contribution in [0.25, 0.3) is 16.9 Å². The molecule has 0 aromatic carbocycles. The van der Waals surface area contributed by atoms with Crippen LogP contribution in [-0.2, 0) is 0 Å². The molecule has 0 radical (unpaired) electrons. The first kappa shape index (κ1) is 12.1.